The fourth-order valence-corrected chi connectivity index (χ4v) is 2.44. The van der Waals surface area contributed by atoms with Gasteiger partial charge in [-0.3, -0.25) is 4.90 Å². The van der Waals surface area contributed by atoms with Crippen molar-refractivity contribution >= 4 is 5.52 Å². The van der Waals surface area contributed by atoms with Crippen LogP contribution in [0.2, 0.25) is 0 Å². The Labute approximate surface area is 117 Å². The Bertz CT molecular complexity index is 750. The molecule has 3 aromatic rings. The van der Waals surface area contributed by atoms with Crippen LogP contribution in [0.15, 0.2) is 53.4 Å². The zero-order chi connectivity index (χ0) is 13.9. The van der Waals surface area contributed by atoms with Crippen molar-refractivity contribution < 1.29 is 4.42 Å². The summed E-state index contributed by atoms with van der Waals surface area (Å²) >= 11 is 0. The first-order chi connectivity index (χ1) is 9.78. The molecular weight excluding hydrogens is 250 g/mol. The molecule has 0 aliphatic carbocycles. The van der Waals surface area contributed by atoms with Gasteiger partial charge in [-0.15, -0.1) is 0 Å². The molecule has 0 aliphatic heterocycles. The van der Waals surface area contributed by atoms with E-state index in [1.807, 2.05) is 54.2 Å². The highest BCUT2D eigenvalue weighted by atomic mass is 16.3. The molecule has 0 aromatic carbocycles. The van der Waals surface area contributed by atoms with Gasteiger partial charge in [-0.25, -0.2) is 0 Å². The van der Waals surface area contributed by atoms with E-state index >= 15 is 0 Å². The van der Waals surface area contributed by atoms with Gasteiger partial charge in [0.2, 0.25) is 0 Å². The van der Waals surface area contributed by atoms with Gasteiger partial charge in [0.1, 0.15) is 11.8 Å². The first kappa shape index (κ1) is 12.5. The molecule has 0 radical (unpaired) electrons. The number of pyridine rings is 1. The lowest BCUT2D eigenvalue weighted by Crippen LogP contribution is -2.17. The highest BCUT2D eigenvalue weighted by Crippen LogP contribution is 2.19. The van der Waals surface area contributed by atoms with E-state index < -0.39 is 0 Å². The molecule has 0 bridgehead atoms. The molecule has 0 atom stereocenters. The van der Waals surface area contributed by atoms with Gasteiger partial charge in [0, 0.05) is 24.5 Å². The molecule has 0 unspecified atom stereocenters. The summed E-state index contributed by atoms with van der Waals surface area (Å²) in [5.41, 5.74) is 2.74. The average Bonchev–Trinajstić information content (AvgIpc) is 3.05. The summed E-state index contributed by atoms with van der Waals surface area (Å²) in [5.74, 6) is 0.926. The van der Waals surface area contributed by atoms with Crippen molar-refractivity contribution in [2.24, 2.45) is 0 Å². The normalized spacial score (nSPS) is 11.1. The zero-order valence-corrected chi connectivity index (χ0v) is 11.3. The van der Waals surface area contributed by atoms with Crippen LogP contribution in [0.5, 0.6) is 0 Å². The first-order valence-electron chi connectivity index (χ1n) is 6.47. The van der Waals surface area contributed by atoms with E-state index in [1.165, 1.54) is 0 Å². The number of furan rings is 1. The molecule has 4 heteroatoms. The Balaban J connectivity index is 1.85. The van der Waals surface area contributed by atoms with Crippen LogP contribution in [0.3, 0.4) is 0 Å². The number of fused-ring (bicyclic) bond motifs is 1. The molecule has 0 fully saturated rings. The second kappa shape index (κ2) is 5.24. The molecule has 100 valence electrons. The predicted molar refractivity (Wildman–Crippen MR) is 76.0 cm³/mol. The summed E-state index contributed by atoms with van der Waals surface area (Å²) in [6, 6.07) is 12.0. The number of nitriles is 1. The van der Waals surface area contributed by atoms with Crippen LogP contribution in [0.25, 0.3) is 5.52 Å². The maximum atomic E-state index is 9.37. The van der Waals surface area contributed by atoms with Crippen LogP contribution in [-0.2, 0) is 13.1 Å². The topological polar surface area (TPSA) is 44.6 Å². The van der Waals surface area contributed by atoms with E-state index in [1.54, 1.807) is 6.26 Å². The Hall–Kier alpha value is -2.51. The summed E-state index contributed by atoms with van der Waals surface area (Å²) in [5, 5.41) is 9.37. The predicted octanol–water partition coefficient (Wildman–Crippen LogP) is 3.04. The van der Waals surface area contributed by atoms with Crippen molar-refractivity contribution in [3.63, 3.8) is 0 Å². The van der Waals surface area contributed by atoms with Crippen LogP contribution in [-0.4, -0.2) is 16.3 Å². The van der Waals surface area contributed by atoms with Gasteiger partial charge >= 0.3 is 0 Å². The average molecular weight is 265 g/mol. The number of hydrogen-bond donors (Lipinski definition) is 0. The van der Waals surface area contributed by atoms with E-state index in [0.29, 0.717) is 6.54 Å². The van der Waals surface area contributed by atoms with Crippen molar-refractivity contribution in [2.45, 2.75) is 13.1 Å². The standard InChI is InChI=1S/C16H15N3O/c1-18(12-14-5-4-8-20-14)10-13-11-19-7-3-2-6-16(19)15(13)9-17/h2-8,11H,10,12H2,1H3. The van der Waals surface area contributed by atoms with Crippen molar-refractivity contribution in [3.05, 3.63) is 65.9 Å². The van der Waals surface area contributed by atoms with E-state index in [-0.39, 0.29) is 0 Å². The van der Waals surface area contributed by atoms with Crippen LogP contribution >= 0.6 is 0 Å². The monoisotopic (exact) mass is 265 g/mol. The van der Waals surface area contributed by atoms with E-state index in [4.69, 9.17) is 4.42 Å². The van der Waals surface area contributed by atoms with Crippen molar-refractivity contribution in [2.75, 3.05) is 7.05 Å². The third kappa shape index (κ3) is 2.31. The molecule has 0 N–H and O–H groups in total. The highest BCUT2D eigenvalue weighted by molar-refractivity contribution is 5.65. The Kier molecular flexibility index (Phi) is 3.28. The van der Waals surface area contributed by atoms with Gasteiger partial charge < -0.3 is 8.82 Å². The SMILES string of the molecule is CN(Cc1ccco1)Cc1cn2ccccc2c1C#N. The minimum Gasteiger partial charge on any atom is -0.468 e. The number of rotatable bonds is 4. The summed E-state index contributed by atoms with van der Waals surface area (Å²) in [6.07, 6.45) is 5.66. The molecule has 0 aliphatic rings. The van der Waals surface area contributed by atoms with Crippen LogP contribution in [0, 0.1) is 11.3 Å². The second-order valence-corrected chi connectivity index (χ2v) is 4.89. The first-order valence-corrected chi connectivity index (χ1v) is 6.47. The molecule has 4 nitrogen and oxygen atoms in total. The fourth-order valence-electron chi connectivity index (χ4n) is 2.44. The molecule has 3 heterocycles. The van der Waals surface area contributed by atoms with Gasteiger partial charge in [-0.1, -0.05) is 6.07 Å². The lowest BCUT2D eigenvalue weighted by molar-refractivity contribution is 0.288. The maximum absolute atomic E-state index is 9.37. The quantitative estimate of drug-likeness (QED) is 0.728. The van der Waals surface area contributed by atoms with Gasteiger partial charge in [0.15, 0.2) is 0 Å². The fraction of sp³-hybridized carbons (Fsp3) is 0.188. The molecule has 3 rings (SSSR count). The Morgan fingerprint density at radius 3 is 2.90 bits per heavy atom. The van der Waals surface area contributed by atoms with Gasteiger partial charge in [-0.2, -0.15) is 5.26 Å². The number of hydrogen-bond acceptors (Lipinski definition) is 3. The van der Waals surface area contributed by atoms with E-state index in [0.717, 1.165) is 28.9 Å². The molecule has 0 spiro atoms. The summed E-state index contributed by atoms with van der Waals surface area (Å²) in [4.78, 5) is 2.13. The van der Waals surface area contributed by atoms with Crippen molar-refractivity contribution in [1.29, 1.82) is 5.26 Å². The Morgan fingerprint density at radius 1 is 1.25 bits per heavy atom. The van der Waals surface area contributed by atoms with Gasteiger partial charge in [0.25, 0.3) is 0 Å². The summed E-state index contributed by atoms with van der Waals surface area (Å²) in [6.45, 7) is 1.44. The summed E-state index contributed by atoms with van der Waals surface area (Å²) in [7, 11) is 2.02. The van der Waals surface area contributed by atoms with Gasteiger partial charge in [-0.05, 0) is 31.3 Å². The lowest BCUT2D eigenvalue weighted by Gasteiger charge is -2.14. The molecule has 0 amide bonds. The zero-order valence-electron chi connectivity index (χ0n) is 11.3. The molecule has 3 aromatic heterocycles. The minimum absolute atomic E-state index is 0.714. The second-order valence-electron chi connectivity index (χ2n) is 4.89. The van der Waals surface area contributed by atoms with E-state index in [2.05, 4.69) is 11.0 Å². The van der Waals surface area contributed by atoms with Crippen molar-refractivity contribution in [1.82, 2.24) is 9.30 Å². The Morgan fingerprint density at radius 2 is 2.15 bits per heavy atom. The largest absolute Gasteiger partial charge is 0.468 e. The third-order valence-electron chi connectivity index (χ3n) is 3.32. The lowest BCUT2D eigenvalue weighted by atomic mass is 10.1. The number of aromatic nitrogens is 1. The minimum atomic E-state index is 0.714. The highest BCUT2D eigenvalue weighted by Gasteiger charge is 2.12. The molecular formula is C16H15N3O. The molecule has 0 saturated heterocycles. The van der Waals surface area contributed by atoms with Crippen molar-refractivity contribution in [3.8, 4) is 6.07 Å². The van der Waals surface area contributed by atoms with Crippen LogP contribution < -0.4 is 0 Å². The van der Waals surface area contributed by atoms with Gasteiger partial charge in [0.05, 0.1) is 23.9 Å². The van der Waals surface area contributed by atoms with Crippen LogP contribution in [0.1, 0.15) is 16.9 Å². The smallest absolute Gasteiger partial charge is 0.117 e. The molecule has 0 saturated carbocycles. The third-order valence-corrected chi connectivity index (χ3v) is 3.32. The van der Waals surface area contributed by atoms with Crippen LogP contribution in [0.4, 0.5) is 0 Å². The molecule has 20 heavy (non-hydrogen) atoms. The summed E-state index contributed by atoms with van der Waals surface area (Å²) < 4.78 is 7.34. The van der Waals surface area contributed by atoms with E-state index in [9.17, 15) is 5.26 Å². The number of nitrogens with zero attached hydrogens (tertiary/aromatic N) is 3. The maximum Gasteiger partial charge on any atom is 0.117 e.